The van der Waals surface area contributed by atoms with E-state index in [4.69, 9.17) is 16.7 Å². The lowest BCUT2D eigenvalue weighted by Gasteiger charge is -2.05. The minimum Gasteiger partial charge on any atom is -0.243 e. The van der Waals surface area contributed by atoms with Gasteiger partial charge < -0.3 is 0 Å². The van der Waals surface area contributed by atoms with E-state index in [1.54, 1.807) is 0 Å². The lowest BCUT2D eigenvalue weighted by molar-refractivity contribution is 0.556. The molecule has 2 N–H and O–H groups in total. The van der Waals surface area contributed by atoms with Crippen LogP contribution in [0.5, 0.6) is 0 Å². The number of hydrogen-bond acceptors (Lipinski definition) is 4. The van der Waals surface area contributed by atoms with Gasteiger partial charge >= 0.3 is 0 Å². The van der Waals surface area contributed by atoms with Gasteiger partial charge in [-0.3, -0.25) is 0 Å². The van der Waals surface area contributed by atoms with Crippen LogP contribution in [0.2, 0.25) is 4.34 Å². The maximum Gasteiger partial charge on any atom is 0.241 e. The minimum atomic E-state index is -4.35. The van der Waals surface area contributed by atoms with Crippen molar-refractivity contribution in [1.82, 2.24) is 4.98 Å². The van der Waals surface area contributed by atoms with Crippen LogP contribution in [-0.4, -0.2) is 13.4 Å². The Morgan fingerprint density at radius 2 is 2.00 bits per heavy atom. The fraction of sp³-hybridized carbons (Fsp3) is 0. The van der Waals surface area contributed by atoms with Gasteiger partial charge in [0.25, 0.3) is 0 Å². The van der Waals surface area contributed by atoms with E-state index in [2.05, 4.69) is 4.98 Å². The Bertz CT molecular complexity index is 715. The molecule has 2 rings (SSSR count). The van der Waals surface area contributed by atoms with Crippen molar-refractivity contribution in [2.45, 2.75) is 4.90 Å². The standard InChI is InChI=1S/C9H5ClF2N2O2S2/c10-7-3-14-9(17-7)5-1-4(11)2-6(8(5)12)18(13,15)16/h1-3H,(H2,13,15,16). The zero-order valence-electron chi connectivity index (χ0n) is 8.52. The molecule has 0 aliphatic carbocycles. The number of nitrogens with zero attached hydrogens (tertiary/aromatic N) is 1. The zero-order valence-corrected chi connectivity index (χ0v) is 10.9. The highest BCUT2D eigenvalue weighted by atomic mass is 35.5. The Hall–Kier alpha value is -1.09. The lowest BCUT2D eigenvalue weighted by atomic mass is 10.2. The van der Waals surface area contributed by atoms with Crippen molar-refractivity contribution < 1.29 is 17.2 Å². The molecule has 0 radical (unpaired) electrons. The van der Waals surface area contributed by atoms with Crippen molar-refractivity contribution in [2.24, 2.45) is 5.14 Å². The molecule has 1 heterocycles. The molecule has 0 aliphatic heterocycles. The van der Waals surface area contributed by atoms with Crippen LogP contribution in [0.1, 0.15) is 0 Å². The van der Waals surface area contributed by atoms with Crippen molar-refractivity contribution in [1.29, 1.82) is 0 Å². The van der Waals surface area contributed by atoms with Gasteiger partial charge in [-0.05, 0) is 12.1 Å². The number of benzene rings is 1. The smallest absolute Gasteiger partial charge is 0.241 e. The average molecular weight is 311 g/mol. The largest absolute Gasteiger partial charge is 0.243 e. The van der Waals surface area contributed by atoms with E-state index in [0.717, 1.165) is 17.4 Å². The molecule has 0 amide bonds. The number of halogens is 3. The van der Waals surface area contributed by atoms with Crippen molar-refractivity contribution in [3.8, 4) is 10.6 Å². The summed E-state index contributed by atoms with van der Waals surface area (Å²) < 4.78 is 49.7. The van der Waals surface area contributed by atoms with Gasteiger partial charge in [-0.25, -0.2) is 27.3 Å². The topological polar surface area (TPSA) is 73.1 Å². The molecule has 18 heavy (non-hydrogen) atoms. The third-order valence-corrected chi connectivity index (χ3v) is 4.08. The molecule has 1 aromatic carbocycles. The summed E-state index contributed by atoms with van der Waals surface area (Å²) in [6, 6.07) is 1.35. The van der Waals surface area contributed by atoms with Crippen LogP contribution in [0, 0.1) is 11.6 Å². The maximum absolute atomic E-state index is 13.9. The molecule has 0 bridgehead atoms. The minimum absolute atomic E-state index is 0.0712. The molecule has 0 unspecified atom stereocenters. The Kier molecular flexibility index (Phi) is 3.37. The molecule has 0 saturated heterocycles. The van der Waals surface area contributed by atoms with E-state index in [-0.39, 0.29) is 14.9 Å². The van der Waals surface area contributed by atoms with Crippen LogP contribution in [0.3, 0.4) is 0 Å². The molecular weight excluding hydrogens is 306 g/mol. The predicted octanol–water partition coefficient (Wildman–Crippen LogP) is 2.39. The summed E-state index contributed by atoms with van der Waals surface area (Å²) in [5.74, 6) is -2.08. The monoisotopic (exact) mass is 310 g/mol. The Morgan fingerprint density at radius 3 is 2.50 bits per heavy atom. The number of rotatable bonds is 2. The number of nitrogens with two attached hydrogens (primary N) is 1. The van der Waals surface area contributed by atoms with Crippen molar-refractivity contribution in [2.75, 3.05) is 0 Å². The number of hydrogen-bond donors (Lipinski definition) is 1. The van der Waals surface area contributed by atoms with Crippen LogP contribution < -0.4 is 5.14 Å². The van der Waals surface area contributed by atoms with E-state index in [0.29, 0.717) is 6.07 Å². The molecule has 1 aromatic heterocycles. The van der Waals surface area contributed by atoms with Gasteiger partial charge in [0.15, 0.2) is 5.82 Å². The second kappa shape index (κ2) is 4.54. The van der Waals surface area contributed by atoms with Crippen LogP contribution >= 0.6 is 22.9 Å². The average Bonchev–Trinajstić information content (AvgIpc) is 2.66. The Balaban J connectivity index is 2.74. The highest BCUT2D eigenvalue weighted by molar-refractivity contribution is 7.89. The third-order valence-electron chi connectivity index (χ3n) is 2.02. The molecule has 0 atom stereocenters. The predicted molar refractivity (Wildman–Crippen MR) is 63.8 cm³/mol. The summed E-state index contributed by atoms with van der Waals surface area (Å²) >= 11 is 6.52. The van der Waals surface area contributed by atoms with Crippen molar-refractivity contribution >= 4 is 33.0 Å². The molecule has 4 nitrogen and oxygen atoms in total. The summed E-state index contributed by atoms with van der Waals surface area (Å²) in [7, 11) is -4.35. The van der Waals surface area contributed by atoms with E-state index in [1.165, 1.54) is 6.20 Å². The lowest BCUT2D eigenvalue weighted by Crippen LogP contribution is -2.15. The highest BCUT2D eigenvalue weighted by Crippen LogP contribution is 2.32. The number of thiazole rings is 1. The molecule has 0 saturated carbocycles. The Labute approximate surface area is 110 Å². The molecule has 0 fully saturated rings. The maximum atomic E-state index is 13.9. The first kappa shape index (κ1) is 13.3. The first-order valence-corrected chi connectivity index (χ1v) is 7.16. The number of sulfonamides is 1. The Morgan fingerprint density at radius 1 is 1.33 bits per heavy atom. The molecular formula is C9H5ClF2N2O2S2. The second-order valence-electron chi connectivity index (χ2n) is 3.28. The van der Waals surface area contributed by atoms with Crippen LogP contribution in [-0.2, 0) is 10.0 Å². The fourth-order valence-corrected chi connectivity index (χ4v) is 2.86. The number of aromatic nitrogens is 1. The van der Waals surface area contributed by atoms with Gasteiger partial charge in [-0.2, -0.15) is 0 Å². The van der Waals surface area contributed by atoms with E-state index in [9.17, 15) is 17.2 Å². The molecule has 0 aliphatic rings. The van der Waals surface area contributed by atoms with Gasteiger partial charge in [0.05, 0.1) is 11.8 Å². The molecule has 2 aromatic rings. The van der Waals surface area contributed by atoms with Gasteiger partial charge in [-0.15, -0.1) is 11.3 Å². The summed E-state index contributed by atoms with van der Waals surface area (Å²) in [4.78, 5) is 2.84. The molecule has 9 heteroatoms. The fourth-order valence-electron chi connectivity index (χ4n) is 1.31. The van der Waals surface area contributed by atoms with Crippen molar-refractivity contribution in [3.05, 3.63) is 34.3 Å². The van der Waals surface area contributed by atoms with Gasteiger partial charge in [0, 0.05) is 0 Å². The molecule has 0 spiro atoms. The second-order valence-corrected chi connectivity index (χ2v) is 6.47. The van der Waals surface area contributed by atoms with Gasteiger partial charge in [0.2, 0.25) is 10.0 Å². The highest BCUT2D eigenvalue weighted by Gasteiger charge is 2.21. The summed E-state index contributed by atoms with van der Waals surface area (Å²) in [5.41, 5.74) is -0.295. The molecule has 96 valence electrons. The quantitative estimate of drug-likeness (QED) is 0.925. The third kappa shape index (κ3) is 2.51. The van der Waals surface area contributed by atoms with E-state index in [1.807, 2.05) is 0 Å². The number of primary sulfonamides is 1. The summed E-state index contributed by atoms with van der Waals surface area (Å²) in [6.07, 6.45) is 1.25. The zero-order chi connectivity index (χ0) is 13.5. The summed E-state index contributed by atoms with van der Waals surface area (Å²) in [5, 5.41) is 4.87. The van der Waals surface area contributed by atoms with Crippen LogP contribution in [0.4, 0.5) is 8.78 Å². The van der Waals surface area contributed by atoms with Crippen molar-refractivity contribution in [3.63, 3.8) is 0 Å². The van der Waals surface area contributed by atoms with Gasteiger partial charge in [0.1, 0.15) is 20.1 Å². The first-order chi connectivity index (χ1) is 8.29. The van der Waals surface area contributed by atoms with Crippen LogP contribution in [0.25, 0.3) is 10.6 Å². The van der Waals surface area contributed by atoms with Gasteiger partial charge in [-0.1, -0.05) is 11.6 Å². The van der Waals surface area contributed by atoms with Crippen LogP contribution in [0.15, 0.2) is 23.2 Å². The normalized spacial score (nSPS) is 11.8. The SMILES string of the molecule is NS(=O)(=O)c1cc(F)cc(-c2ncc(Cl)s2)c1F. The van der Waals surface area contributed by atoms with E-state index >= 15 is 0 Å². The first-order valence-electron chi connectivity index (χ1n) is 4.42. The van der Waals surface area contributed by atoms with E-state index < -0.39 is 26.6 Å². The summed E-state index contributed by atoms with van der Waals surface area (Å²) in [6.45, 7) is 0.